The summed E-state index contributed by atoms with van der Waals surface area (Å²) in [5, 5.41) is 6.39. The number of fused-ring (bicyclic) bond motifs is 3. The van der Waals surface area contributed by atoms with E-state index in [0.717, 1.165) is 22.7 Å². The van der Waals surface area contributed by atoms with Gasteiger partial charge in [-0.3, -0.25) is 15.3 Å². The number of aryl methyl sites for hydroxylation is 1. The minimum absolute atomic E-state index is 0.0945. The number of thiophene rings is 1. The molecule has 3 aromatic rings. The van der Waals surface area contributed by atoms with Crippen LogP contribution in [-0.4, -0.2) is 28.7 Å². The number of benzene rings is 1. The molecule has 0 amide bonds. The maximum Gasteiger partial charge on any atom is 0.196 e. The molecule has 0 saturated carbocycles. The zero-order valence-electron chi connectivity index (χ0n) is 20.3. The molecule has 0 aliphatic carbocycles. The molecule has 2 aliphatic rings. The molecule has 8 heteroatoms. The summed E-state index contributed by atoms with van der Waals surface area (Å²) in [5.41, 5.74) is 7.71. The maximum atomic E-state index is 6.15. The first-order chi connectivity index (χ1) is 16.0. The fraction of sp³-hybridized carbons (Fsp3) is 0.400. The van der Waals surface area contributed by atoms with E-state index in [2.05, 4.69) is 34.3 Å². The minimum atomic E-state index is -0.125. The molecule has 0 spiro atoms. The van der Waals surface area contributed by atoms with Gasteiger partial charge < -0.3 is 4.42 Å². The molecule has 1 N–H and O–H groups in total. The van der Waals surface area contributed by atoms with Crippen LogP contribution in [0.4, 0.5) is 5.00 Å². The van der Waals surface area contributed by atoms with Gasteiger partial charge in [0.2, 0.25) is 0 Å². The number of nitrogens with one attached hydrogen (secondary N) is 1. The summed E-state index contributed by atoms with van der Waals surface area (Å²) in [6.07, 6.45) is 3.75. The van der Waals surface area contributed by atoms with Gasteiger partial charge in [-0.1, -0.05) is 51.4 Å². The van der Waals surface area contributed by atoms with Crippen molar-refractivity contribution in [3.05, 3.63) is 69.2 Å². The molecule has 4 heterocycles. The number of oxazole rings is 1. The van der Waals surface area contributed by atoms with Crippen LogP contribution in [0.25, 0.3) is 0 Å². The molecule has 176 valence electrons. The van der Waals surface area contributed by atoms with E-state index in [1.54, 1.807) is 23.8 Å². The summed E-state index contributed by atoms with van der Waals surface area (Å²) < 4.78 is 5.53. The van der Waals surface area contributed by atoms with Gasteiger partial charge in [-0.05, 0) is 38.5 Å². The Balaban J connectivity index is 0.000000728. The fourth-order valence-electron chi connectivity index (χ4n) is 3.88. The quantitative estimate of drug-likeness (QED) is 0.454. The Kier molecular flexibility index (Phi) is 8.32. The molecule has 0 radical (unpaired) electrons. The van der Waals surface area contributed by atoms with Crippen LogP contribution in [0.1, 0.15) is 62.1 Å². The number of rotatable bonds is 3. The van der Waals surface area contributed by atoms with Crippen molar-refractivity contribution in [2.24, 2.45) is 10.1 Å². The van der Waals surface area contributed by atoms with E-state index in [0.29, 0.717) is 17.3 Å². The highest BCUT2D eigenvalue weighted by atomic mass is 35.5. The summed E-state index contributed by atoms with van der Waals surface area (Å²) >= 11 is 7.93. The van der Waals surface area contributed by atoms with E-state index in [-0.39, 0.29) is 12.2 Å². The van der Waals surface area contributed by atoms with Crippen LogP contribution in [0.2, 0.25) is 5.02 Å². The lowest BCUT2D eigenvalue weighted by Gasteiger charge is -2.27. The van der Waals surface area contributed by atoms with Crippen molar-refractivity contribution in [2.45, 2.75) is 67.1 Å². The van der Waals surface area contributed by atoms with Crippen LogP contribution in [-0.2, 0) is 6.42 Å². The molecule has 6 nitrogen and oxygen atoms in total. The number of hydrazone groups is 1. The molecular formula is C25H32ClN5OS. The van der Waals surface area contributed by atoms with Crippen LogP contribution in [0.3, 0.4) is 0 Å². The second-order valence-electron chi connectivity index (χ2n) is 7.25. The van der Waals surface area contributed by atoms with Crippen LogP contribution < -0.4 is 10.3 Å². The van der Waals surface area contributed by atoms with E-state index in [4.69, 9.17) is 21.0 Å². The molecule has 33 heavy (non-hydrogen) atoms. The van der Waals surface area contributed by atoms with Crippen molar-refractivity contribution >= 4 is 39.5 Å². The van der Waals surface area contributed by atoms with E-state index in [1.165, 1.54) is 15.4 Å². The molecule has 0 saturated heterocycles. The first-order valence-corrected chi connectivity index (χ1v) is 12.6. The van der Waals surface area contributed by atoms with Gasteiger partial charge >= 0.3 is 0 Å². The molecule has 2 aliphatic heterocycles. The van der Waals surface area contributed by atoms with Gasteiger partial charge in [-0.25, -0.2) is 4.98 Å². The second kappa shape index (κ2) is 11.0. The van der Waals surface area contributed by atoms with E-state index in [9.17, 15) is 0 Å². The lowest BCUT2D eigenvalue weighted by Crippen LogP contribution is -2.47. The summed E-state index contributed by atoms with van der Waals surface area (Å²) in [4.78, 5) is 13.1. The third kappa shape index (κ3) is 4.84. The number of nitrogens with zero attached hydrogens (tertiary/aromatic N) is 4. The van der Waals surface area contributed by atoms with Gasteiger partial charge in [0, 0.05) is 21.0 Å². The zero-order valence-corrected chi connectivity index (χ0v) is 21.9. The Morgan fingerprint density at radius 3 is 2.42 bits per heavy atom. The Morgan fingerprint density at radius 2 is 1.79 bits per heavy atom. The second-order valence-corrected chi connectivity index (χ2v) is 8.89. The van der Waals surface area contributed by atoms with Crippen molar-refractivity contribution in [3.8, 4) is 0 Å². The normalized spacial score (nSPS) is 18.4. The van der Waals surface area contributed by atoms with Gasteiger partial charge in [0.05, 0.1) is 24.4 Å². The predicted molar refractivity (Wildman–Crippen MR) is 140 cm³/mol. The lowest BCUT2D eigenvalue weighted by molar-refractivity contribution is 0.419. The summed E-state index contributed by atoms with van der Waals surface area (Å²) in [6.45, 7) is 14.3. The monoisotopic (exact) mass is 485 g/mol. The molecule has 0 bridgehead atoms. The molecule has 2 unspecified atom stereocenters. The van der Waals surface area contributed by atoms with Crippen LogP contribution in [0.15, 0.2) is 51.2 Å². The highest BCUT2D eigenvalue weighted by Crippen LogP contribution is 2.42. The average molecular weight is 486 g/mol. The lowest BCUT2D eigenvalue weighted by atomic mass is 9.99. The van der Waals surface area contributed by atoms with Crippen molar-refractivity contribution in [2.75, 3.05) is 4.90 Å². The topological polar surface area (TPSA) is 66.0 Å². The summed E-state index contributed by atoms with van der Waals surface area (Å²) in [5.74, 6) is 1.60. The predicted octanol–water partition coefficient (Wildman–Crippen LogP) is 6.59. The maximum absolute atomic E-state index is 6.15. The fourth-order valence-corrected chi connectivity index (χ4v) is 5.25. The Bertz CT molecular complexity index is 1120. The van der Waals surface area contributed by atoms with Gasteiger partial charge in [0.1, 0.15) is 23.3 Å². The number of hydrogen-bond donors (Lipinski definition) is 1. The molecule has 2 aromatic heterocycles. The highest BCUT2D eigenvalue weighted by Gasteiger charge is 2.40. The van der Waals surface area contributed by atoms with Crippen LogP contribution in [0.5, 0.6) is 0 Å². The highest BCUT2D eigenvalue weighted by molar-refractivity contribution is 7.17. The van der Waals surface area contributed by atoms with Gasteiger partial charge in [-0.15, -0.1) is 11.3 Å². The van der Waals surface area contributed by atoms with Crippen molar-refractivity contribution in [1.82, 2.24) is 10.4 Å². The van der Waals surface area contributed by atoms with E-state index < -0.39 is 0 Å². The molecule has 0 fully saturated rings. The number of anilines is 1. The van der Waals surface area contributed by atoms with Crippen LogP contribution in [0, 0.1) is 13.8 Å². The zero-order chi connectivity index (χ0) is 24.1. The van der Waals surface area contributed by atoms with Gasteiger partial charge in [-0.2, -0.15) is 5.10 Å². The molecule has 5 rings (SSSR count). The molecule has 2 atom stereocenters. The smallest absolute Gasteiger partial charge is 0.196 e. The summed E-state index contributed by atoms with van der Waals surface area (Å²) in [7, 11) is 0. The largest absolute Gasteiger partial charge is 0.449 e. The number of hydrogen-bond acceptors (Lipinski definition) is 7. The molecular weight excluding hydrogens is 454 g/mol. The standard InChI is InChI=1S/C21H20ClN5OS.2C2H6/c1-11-12(2)29-21-18(11)19(14-4-6-15(22)7-5-14)24-16(10-17-23-8-9-28-17)20-26-25-13(3)27(20)21;2*1-2/h4-9,16,20,26H,10H2,1-3H3;2*1-2H3. The average Bonchev–Trinajstić information content (AvgIpc) is 3.53. The number of amidine groups is 1. The van der Waals surface area contributed by atoms with Crippen LogP contribution >= 0.6 is 22.9 Å². The van der Waals surface area contributed by atoms with Crippen molar-refractivity contribution in [1.29, 1.82) is 0 Å². The Morgan fingerprint density at radius 1 is 1.09 bits per heavy atom. The van der Waals surface area contributed by atoms with E-state index in [1.807, 2.05) is 58.9 Å². The Hall–Kier alpha value is -2.64. The number of aliphatic imine (C=N–C) groups is 1. The molecule has 1 aromatic carbocycles. The summed E-state index contributed by atoms with van der Waals surface area (Å²) in [6, 6.07) is 7.76. The first kappa shape index (κ1) is 25.0. The van der Waals surface area contributed by atoms with Crippen molar-refractivity contribution in [3.63, 3.8) is 0 Å². The third-order valence-electron chi connectivity index (χ3n) is 5.45. The number of aromatic nitrogens is 1. The van der Waals surface area contributed by atoms with Gasteiger partial charge in [0.15, 0.2) is 5.89 Å². The third-order valence-corrected chi connectivity index (χ3v) is 6.91. The Labute approximate surface area is 205 Å². The van der Waals surface area contributed by atoms with E-state index >= 15 is 0 Å². The van der Waals surface area contributed by atoms with Gasteiger partial charge in [0.25, 0.3) is 0 Å². The first-order valence-electron chi connectivity index (χ1n) is 11.4. The minimum Gasteiger partial charge on any atom is -0.449 e. The van der Waals surface area contributed by atoms with Crippen molar-refractivity contribution < 1.29 is 4.42 Å². The number of halogens is 1. The SMILES string of the molecule is CC.CC.CC1=NNC2C(Cc3ncco3)N=C(c3ccc(Cl)cc3)c3c(sc(C)c3C)N12.